The molecule has 1 aliphatic rings. The zero-order valence-corrected chi connectivity index (χ0v) is 18.4. The highest BCUT2D eigenvalue weighted by Gasteiger charge is 2.25. The number of ether oxygens (including phenoxy) is 2. The molecule has 0 aliphatic carbocycles. The highest BCUT2D eigenvalue weighted by atomic mass is 32.2. The van der Waals surface area contributed by atoms with E-state index in [0.717, 1.165) is 21.1 Å². The van der Waals surface area contributed by atoms with Gasteiger partial charge in [0.1, 0.15) is 16.4 Å². The second-order valence-corrected chi connectivity index (χ2v) is 9.16. The van der Waals surface area contributed by atoms with E-state index in [1.165, 1.54) is 35.2 Å². The molecule has 0 bridgehead atoms. The summed E-state index contributed by atoms with van der Waals surface area (Å²) in [4.78, 5) is 5.26. The topological polar surface area (TPSA) is 70.3 Å². The lowest BCUT2D eigenvalue weighted by molar-refractivity contribution is -0.112. The largest absolute Gasteiger partial charge is 0.460 e. The van der Waals surface area contributed by atoms with E-state index in [4.69, 9.17) is 13.9 Å². The van der Waals surface area contributed by atoms with E-state index >= 15 is 0 Å². The quantitative estimate of drug-likeness (QED) is 0.350. The smallest absolute Gasteiger partial charge is 0.277 e. The number of halogens is 1. The summed E-state index contributed by atoms with van der Waals surface area (Å²) in [6, 6.07) is 12.6. The Morgan fingerprint density at radius 3 is 2.77 bits per heavy atom. The molecule has 31 heavy (non-hydrogen) atoms. The molecule has 0 spiro atoms. The van der Waals surface area contributed by atoms with E-state index in [2.05, 4.69) is 15.2 Å². The van der Waals surface area contributed by atoms with Gasteiger partial charge in [0.25, 0.3) is 11.1 Å². The minimum absolute atomic E-state index is 0.277. The van der Waals surface area contributed by atoms with Crippen molar-refractivity contribution in [2.45, 2.75) is 37.7 Å². The van der Waals surface area contributed by atoms with Gasteiger partial charge in [-0.15, -0.1) is 21.5 Å². The van der Waals surface area contributed by atoms with E-state index in [1.807, 2.05) is 44.2 Å². The molecule has 2 aromatic heterocycles. The maximum absolute atomic E-state index is 14.2. The molecular formula is C22H18FN3O3S2. The van der Waals surface area contributed by atoms with Crippen molar-refractivity contribution >= 4 is 23.1 Å². The molecule has 6 nitrogen and oxygen atoms in total. The lowest BCUT2D eigenvalue weighted by Gasteiger charge is -2.28. The number of hydrogen-bond acceptors (Lipinski definition) is 8. The van der Waals surface area contributed by atoms with Gasteiger partial charge in [0, 0.05) is 22.4 Å². The number of thioether (sulfide) groups is 1. The molecule has 2 aromatic carbocycles. The van der Waals surface area contributed by atoms with Gasteiger partial charge in [0.05, 0.1) is 17.3 Å². The highest BCUT2D eigenvalue weighted by molar-refractivity contribution is 7.98. The van der Waals surface area contributed by atoms with Crippen molar-refractivity contribution in [3.05, 3.63) is 75.7 Å². The first-order valence-electron chi connectivity index (χ1n) is 9.62. The predicted molar refractivity (Wildman–Crippen MR) is 115 cm³/mol. The number of thiazole rings is 1. The molecule has 158 valence electrons. The Hall–Kier alpha value is -2.75. The molecule has 5 rings (SSSR count). The number of fused-ring (bicyclic) bond motifs is 1. The standard InChI is InChI=1S/C22H18FN3O3S2/c1-12-19(31-13(2)24-12)20-25-26-22(29-20)30-11-16-9-17(23)8-15-10-27-21(28-18(15)16)14-6-4-3-5-7-14/h3-9,21H,10-11H2,1-2H3. The summed E-state index contributed by atoms with van der Waals surface area (Å²) in [6.07, 6.45) is -0.532. The van der Waals surface area contributed by atoms with Crippen LogP contribution in [0.5, 0.6) is 5.75 Å². The molecule has 0 radical (unpaired) electrons. The van der Waals surface area contributed by atoms with Crippen LogP contribution in [0.25, 0.3) is 10.8 Å². The molecule has 0 N–H and O–H groups in total. The summed E-state index contributed by atoms with van der Waals surface area (Å²) in [5, 5.41) is 9.61. The monoisotopic (exact) mass is 455 g/mol. The Balaban J connectivity index is 1.36. The maximum Gasteiger partial charge on any atom is 0.277 e. The van der Waals surface area contributed by atoms with Crippen LogP contribution in [-0.2, 0) is 17.1 Å². The summed E-state index contributed by atoms with van der Waals surface area (Å²) >= 11 is 2.85. The van der Waals surface area contributed by atoms with Gasteiger partial charge < -0.3 is 13.9 Å². The van der Waals surface area contributed by atoms with Gasteiger partial charge in [-0.25, -0.2) is 9.37 Å². The number of benzene rings is 2. The van der Waals surface area contributed by atoms with Crippen molar-refractivity contribution in [3.8, 4) is 16.5 Å². The van der Waals surface area contributed by atoms with Crippen LogP contribution in [0, 0.1) is 19.7 Å². The van der Waals surface area contributed by atoms with Gasteiger partial charge in [-0.05, 0) is 26.0 Å². The molecule has 4 aromatic rings. The summed E-state index contributed by atoms with van der Waals surface area (Å²) in [6.45, 7) is 4.13. The van der Waals surface area contributed by atoms with Gasteiger partial charge in [0.15, 0.2) is 0 Å². The Morgan fingerprint density at radius 2 is 2.00 bits per heavy atom. The SMILES string of the molecule is Cc1nc(C)c(-c2nnc(SCc3cc(F)cc4c3OC(c3ccccc3)OC4)o2)s1. The summed E-state index contributed by atoms with van der Waals surface area (Å²) in [5.41, 5.74) is 3.17. The lowest BCUT2D eigenvalue weighted by Crippen LogP contribution is -2.19. The van der Waals surface area contributed by atoms with E-state index < -0.39 is 6.29 Å². The van der Waals surface area contributed by atoms with Crippen molar-refractivity contribution in [3.63, 3.8) is 0 Å². The molecule has 9 heteroatoms. The van der Waals surface area contributed by atoms with Crippen molar-refractivity contribution in [1.82, 2.24) is 15.2 Å². The number of aryl methyl sites for hydroxylation is 2. The third-order valence-electron chi connectivity index (χ3n) is 4.75. The minimum atomic E-state index is -0.532. The van der Waals surface area contributed by atoms with Crippen LogP contribution < -0.4 is 4.74 Å². The van der Waals surface area contributed by atoms with E-state index in [0.29, 0.717) is 33.7 Å². The fourth-order valence-electron chi connectivity index (χ4n) is 3.39. The molecule has 0 amide bonds. The number of hydrogen-bond donors (Lipinski definition) is 0. The normalized spacial score (nSPS) is 15.5. The van der Waals surface area contributed by atoms with Crippen LogP contribution in [0.2, 0.25) is 0 Å². The molecule has 3 heterocycles. The molecule has 1 unspecified atom stereocenters. The fraction of sp³-hybridized carbons (Fsp3) is 0.227. The average molecular weight is 456 g/mol. The molecule has 1 aliphatic heterocycles. The maximum atomic E-state index is 14.2. The van der Waals surface area contributed by atoms with Crippen molar-refractivity contribution < 1.29 is 18.3 Å². The molecule has 0 saturated carbocycles. The molecule has 0 fully saturated rings. The lowest BCUT2D eigenvalue weighted by atomic mass is 10.1. The van der Waals surface area contributed by atoms with Crippen LogP contribution in [0.4, 0.5) is 4.39 Å². The van der Waals surface area contributed by atoms with Crippen molar-refractivity contribution in [1.29, 1.82) is 0 Å². The van der Waals surface area contributed by atoms with Gasteiger partial charge in [-0.1, -0.05) is 42.1 Å². The van der Waals surface area contributed by atoms with Crippen LogP contribution in [0.15, 0.2) is 52.1 Å². The summed E-state index contributed by atoms with van der Waals surface area (Å²) in [7, 11) is 0. The first-order valence-corrected chi connectivity index (χ1v) is 11.4. The van der Waals surface area contributed by atoms with E-state index in [-0.39, 0.29) is 12.4 Å². The Kier molecular flexibility index (Phi) is 5.47. The summed E-state index contributed by atoms with van der Waals surface area (Å²) in [5.74, 6) is 1.18. The minimum Gasteiger partial charge on any atom is -0.460 e. The second kappa shape index (κ2) is 8.41. The molecular weight excluding hydrogens is 437 g/mol. The molecule has 1 atom stereocenters. The van der Waals surface area contributed by atoms with Crippen LogP contribution >= 0.6 is 23.1 Å². The Bertz CT molecular complexity index is 1230. The van der Waals surface area contributed by atoms with Gasteiger partial charge in [-0.2, -0.15) is 0 Å². The first-order chi connectivity index (χ1) is 15.1. The molecule has 0 saturated heterocycles. The first kappa shape index (κ1) is 20.2. The Labute approximate surface area is 186 Å². The second-order valence-electron chi connectivity index (χ2n) is 7.03. The highest BCUT2D eigenvalue weighted by Crippen LogP contribution is 2.39. The number of aromatic nitrogens is 3. The number of rotatable bonds is 5. The zero-order valence-electron chi connectivity index (χ0n) is 16.8. The Morgan fingerprint density at radius 1 is 1.16 bits per heavy atom. The van der Waals surface area contributed by atoms with Crippen LogP contribution in [-0.4, -0.2) is 15.2 Å². The van der Waals surface area contributed by atoms with Gasteiger partial charge in [-0.3, -0.25) is 0 Å². The van der Waals surface area contributed by atoms with E-state index in [9.17, 15) is 4.39 Å². The van der Waals surface area contributed by atoms with Gasteiger partial charge >= 0.3 is 0 Å². The number of nitrogens with zero attached hydrogens (tertiary/aromatic N) is 3. The average Bonchev–Trinajstić information content (AvgIpc) is 3.37. The van der Waals surface area contributed by atoms with Crippen molar-refractivity contribution in [2.75, 3.05) is 0 Å². The van der Waals surface area contributed by atoms with Crippen LogP contribution in [0.3, 0.4) is 0 Å². The zero-order chi connectivity index (χ0) is 21.4. The third kappa shape index (κ3) is 4.21. The van der Waals surface area contributed by atoms with Gasteiger partial charge in [0.2, 0.25) is 6.29 Å². The van der Waals surface area contributed by atoms with Crippen molar-refractivity contribution in [2.24, 2.45) is 0 Å². The summed E-state index contributed by atoms with van der Waals surface area (Å²) < 4.78 is 31.9. The van der Waals surface area contributed by atoms with E-state index in [1.54, 1.807) is 0 Å². The third-order valence-corrected chi connectivity index (χ3v) is 6.68. The fourth-order valence-corrected chi connectivity index (χ4v) is 4.96. The predicted octanol–water partition coefficient (Wildman–Crippen LogP) is 5.85. The van der Waals surface area contributed by atoms with Crippen LogP contribution in [0.1, 0.15) is 33.7 Å².